The number of hydrogen-bond donors (Lipinski definition) is 2. The van der Waals surface area contributed by atoms with Gasteiger partial charge in [-0.25, -0.2) is 0 Å². The van der Waals surface area contributed by atoms with E-state index in [2.05, 4.69) is 5.32 Å². The van der Waals surface area contributed by atoms with Gasteiger partial charge in [0, 0.05) is 24.7 Å². The van der Waals surface area contributed by atoms with Crippen LogP contribution in [-0.2, 0) is 7.05 Å². The number of nitrogens with zero attached hydrogens (tertiary/aromatic N) is 1. The van der Waals surface area contributed by atoms with Crippen LogP contribution in [0, 0.1) is 0 Å². The average Bonchev–Trinajstić information content (AvgIpc) is 2.43. The highest BCUT2D eigenvalue weighted by Gasteiger charge is 2.18. The van der Waals surface area contributed by atoms with E-state index >= 15 is 0 Å². The highest BCUT2D eigenvalue weighted by molar-refractivity contribution is 6.30. The minimum absolute atomic E-state index is 0.0305. The van der Waals surface area contributed by atoms with Crippen molar-refractivity contribution in [2.24, 2.45) is 12.8 Å². The number of nitrogens with two attached hydrogens (primary N) is 1. The fourth-order valence-electron chi connectivity index (χ4n) is 2.21. The van der Waals surface area contributed by atoms with Gasteiger partial charge in [0.2, 0.25) is 0 Å². The second kappa shape index (κ2) is 6.01. The molecular weight excluding hydrogens is 290 g/mol. The number of hydrogen-bond acceptors (Lipinski definition) is 3. The maximum atomic E-state index is 12.2. The van der Waals surface area contributed by atoms with E-state index in [0.717, 1.165) is 5.56 Å². The van der Waals surface area contributed by atoms with E-state index in [9.17, 15) is 9.59 Å². The molecule has 21 heavy (non-hydrogen) atoms. The van der Waals surface area contributed by atoms with Crippen LogP contribution >= 0.6 is 11.6 Å². The first-order valence-corrected chi connectivity index (χ1v) is 6.87. The molecule has 1 aromatic heterocycles. The lowest BCUT2D eigenvalue weighted by molar-refractivity contribution is 0.0999. The molecule has 0 unspecified atom stereocenters. The summed E-state index contributed by atoms with van der Waals surface area (Å²) in [6, 6.07) is 8.53. The summed E-state index contributed by atoms with van der Waals surface area (Å²) in [6.45, 7) is 2.45. The second-order valence-electron chi connectivity index (χ2n) is 4.58. The van der Waals surface area contributed by atoms with Crippen molar-refractivity contribution >= 4 is 23.3 Å². The van der Waals surface area contributed by atoms with Crippen LogP contribution in [0.3, 0.4) is 0 Å². The predicted octanol–water partition coefficient (Wildman–Crippen LogP) is 2.24. The Kier molecular flexibility index (Phi) is 4.33. The number of halogens is 1. The zero-order valence-electron chi connectivity index (χ0n) is 11.8. The Bertz CT molecular complexity index is 736. The molecular formula is C15H16ClN3O2. The van der Waals surface area contributed by atoms with Crippen LogP contribution in [0.2, 0.25) is 5.02 Å². The Hall–Kier alpha value is -2.27. The molecule has 0 bridgehead atoms. The smallest absolute Gasteiger partial charge is 0.256 e. The van der Waals surface area contributed by atoms with Gasteiger partial charge in [-0.1, -0.05) is 23.7 Å². The van der Waals surface area contributed by atoms with Crippen LogP contribution in [0.1, 0.15) is 17.3 Å². The van der Waals surface area contributed by atoms with E-state index in [1.165, 1.54) is 6.07 Å². The molecule has 0 aliphatic heterocycles. The van der Waals surface area contributed by atoms with E-state index in [1.807, 2.05) is 19.1 Å². The molecule has 5 nitrogen and oxygen atoms in total. The Morgan fingerprint density at radius 2 is 1.95 bits per heavy atom. The highest BCUT2D eigenvalue weighted by atomic mass is 35.5. The van der Waals surface area contributed by atoms with Gasteiger partial charge in [-0.15, -0.1) is 0 Å². The molecule has 3 N–H and O–H groups in total. The fourth-order valence-corrected chi connectivity index (χ4v) is 2.33. The van der Waals surface area contributed by atoms with Gasteiger partial charge in [-0.3, -0.25) is 9.59 Å². The molecule has 0 aliphatic rings. The number of primary amides is 1. The van der Waals surface area contributed by atoms with Gasteiger partial charge in [-0.05, 0) is 24.6 Å². The summed E-state index contributed by atoms with van der Waals surface area (Å²) in [5.41, 5.74) is 6.39. The molecule has 0 saturated heterocycles. The first kappa shape index (κ1) is 15.1. The average molecular weight is 306 g/mol. The zero-order valence-corrected chi connectivity index (χ0v) is 12.6. The molecule has 1 heterocycles. The monoisotopic (exact) mass is 305 g/mol. The molecule has 0 atom stereocenters. The molecule has 1 amide bonds. The molecule has 0 fully saturated rings. The summed E-state index contributed by atoms with van der Waals surface area (Å²) in [5.74, 6) is -0.323. The molecule has 2 rings (SSSR count). The SMILES string of the molecule is CCNc1c(C(N)=O)c(=O)cc(-c2ccc(Cl)cc2)n1C. The Morgan fingerprint density at radius 3 is 2.48 bits per heavy atom. The quantitative estimate of drug-likeness (QED) is 0.909. The summed E-state index contributed by atoms with van der Waals surface area (Å²) in [4.78, 5) is 23.7. The summed E-state index contributed by atoms with van der Waals surface area (Å²) in [5, 5.41) is 3.64. The molecule has 1 aromatic carbocycles. The van der Waals surface area contributed by atoms with E-state index in [-0.39, 0.29) is 5.56 Å². The maximum absolute atomic E-state index is 12.2. The summed E-state index contributed by atoms with van der Waals surface area (Å²) < 4.78 is 1.74. The van der Waals surface area contributed by atoms with Crippen molar-refractivity contribution in [3.05, 3.63) is 51.1 Å². The summed E-state index contributed by atoms with van der Waals surface area (Å²) in [6.07, 6.45) is 0. The van der Waals surface area contributed by atoms with E-state index in [1.54, 1.807) is 23.7 Å². The standard InChI is InChI=1S/C15H16ClN3O2/c1-3-18-15-13(14(17)21)12(20)8-11(19(15)2)9-4-6-10(16)7-5-9/h4-8,18H,3H2,1-2H3,(H2,17,21). The molecule has 0 saturated carbocycles. The van der Waals surface area contributed by atoms with Gasteiger partial charge in [0.15, 0.2) is 5.43 Å². The van der Waals surface area contributed by atoms with E-state index < -0.39 is 11.3 Å². The molecule has 6 heteroatoms. The number of carbonyl (C=O) groups is 1. The van der Waals surface area contributed by atoms with Crippen LogP contribution in [0.25, 0.3) is 11.3 Å². The van der Waals surface area contributed by atoms with Crippen LogP contribution < -0.4 is 16.5 Å². The lowest BCUT2D eigenvalue weighted by Crippen LogP contribution is -2.27. The number of aromatic nitrogens is 1. The minimum atomic E-state index is -0.741. The lowest BCUT2D eigenvalue weighted by Gasteiger charge is -2.18. The number of carbonyl (C=O) groups excluding carboxylic acids is 1. The van der Waals surface area contributed by atoms with Crippen LogP contribution in [0.4, 0.5) is 5.82 Å². The number of amides is 1. The third kappa shape index (κ3) is 2.92. The summed E-state index contributed by atoms with van der Waals surface area (Å²) in [7, 11) is 1.77. The van der Waals surface area contributed by atoms with Crippen molar-refractivity contribution in [2.75, 3.05) is 11.9 Å². The van der Waals surface area contributed by atoms with Gasteiger partial charge >= 0.3 is 0 Å². The molecule has 0 radical (unpaired) electrons. The summed E-state index contributed by atoms with van der Waals surface area (Å²) >= 11 is 5.88. The molecule has 0 aliphatic carbocycles. The minimum Gasteiger partial charge on any atom is -0.371 e. The zero-order chi connectivity index (χ0) is 15.6. The normalized spacial score (nSPS) is 10.4. The van der Waals surface area contributed by atoms with Crippen molar-refractivity contribution in [3.8, 4) is 11.3 Å². The topological polar surface area (TPSA) is 77.1 Å². The second-order valence-corrected chi connectivity index (χ2v) is 5.01. The van der Waals surface area contributed by atoms with Gasteiger partial charge < -0.3 is 15.6 Å². The van der Waals surface area contributed by atoms with Gasteiger partial charge in [-0.2, -0.15) is 0 Å². The maximum Gasteiger partial charge on any atom is 0.256 e. The largest absolute Gasteiger partial charge is 0.371 e. The number of rotatable bonds is 4. The highest BCUT2D eigenvalue weighted by Crippen LogP contribution is 2.24. The van der Waals surface area contributed by atoms with Gasteiger partial charge in [0.05, 0.1) is 5.69 Å². The third-order valence-corrected chi connectivity index (χ3v) is 3.43. The number of pyridine rings is 1. The Labute approximate surface area is 127 Å². The molecule has 0 spiro atoms. The van der Waals surface area contributed by atoms with E-state index in [4.69, 9.17) is 17.3 Å². The molecule has 2 aromatic rings. The van der Waals surface area contributed by atoms with Crippen molar-refractivity contribution in [1.29, 1.82) is 0 Å². The van der Waals surface area contributed by atoms with Crippen molar-refractivity contribution in [2.45, 2.75) is 6.92 Å². The first-order chi connectivity index (χ1) is 9.95. The Morgan fingerprint density at radius 1 is 1.33 bits per heavy atom. The Balaban J connectivity index is 2.72. The van der Waals surface area contributed by atoms with Crippen molar-refractivity contribution in [1.82, 2.24) is 4.57 Å². The number of benzene rings is 1. The fraction of sp³-hybridized carbons (Fsp3) is 0.200. The number of anilines is 1. The van der Waals surface area contributed by atoms with Gasteiger partial charge in [0.1, 0.15) is 11.4 Å². The van der Waals surface area contributed by atoms with Gasteiger partial charge in [0.25, 0.3) is 5.91 Å². The predicted molar refractivity (Wildman–Crippen MR) is 84.8 cm³/mol. The van der Waals surface area contributed by atoms with Crippen LogP contribution in [0.15, 0.2) is 35.1 Å². The number of nitrogens with one attached hydrogen (secondary N) is 1. The van der Waals surface area contributed by atoms with Crippen molar-refractivity contribution in [3.63, 3.8) is 0 Å². The third-order valence-electron chi connectivity index (χ3n) is 3.18. The lowest BCUT2D eigenvalue weighted by atomic mass is 10.1. The van der Waals surface area contributed by atoms with E-state index in [0.29, 0.717) is 23.1 Å². The van der Waals surface area contributed by atoms with Crippen LogP contribution in [0.5, 0.6) is 0 Å². The van der Waals surface area contributed by atoms with Crippen molar-refractivity contribution < 1.29 is 4.79 Å². The van der Waals surface area contributed by atoms with Crippen LogP contribution in [-0.4, -0.2) is 17.0 Å². The first-order valence-electron chi connectivity index (χ1n) is 6.49. The molecule has 110 valence electrons.